The largest absolute Gasteiger partial charge is 0.491 e. The average molecular weight is 682 g/mol. The monoisotopic (exact) mass is 681 g/mol. The van der Waals surface area contributed by atoms with E-state index in [9.17, 15) is 14.7 Å². The van der Waals surface area contributed by atoms with E-state index in [-0.39, 0.29) is 6.61 Å². The molecule has 0 spiro atoms. The number of amides is 2. The number of aliphatic hydroxyl groups is 1. The molecule has 4 aromatic rings. The van der Waals surface area contributed by atoms with Crippen LogP contribution in [0, 0.1) is 0 Å². The number of carbonyl (C=O) groups is 2. The van der Waals surface area contributed by atoms with Crippen LogP contribution in [0.25, 0.3) is 0 Å². The van der Waals surface area contributed by atoms with E-state index in [0.29, 0.717) is 39.0 Å². The highest BCUT2D eigenvalue weighted by atomic mass is 16.5. The zero-order valence-electron chi connectivity index (χ0n) is 29.7. The summed E-state index contributed by atoms with van der Waals surface area (Å²) in [4.78, 5) is 28.6. The number of ether oxygens (including phenoxy) is 3. The van der Waals surface area contributed by atoms with Gasteiger partial charge in [0.15, 0.2) is 0 Å². The number of para-hydroxylation sites is 1. The highest BCUT2D eigenvalue weighted by Gasteiger charge is 2.35. The summed E-state index contributed by atoms with van der Waals surface area (Å²) in [7, 11) is 2.79. The summed E-state index contributed by atoms with van der Waals surface area (Å²) in [5.41, 5.74) is 4.33. The molecule has 0 radical (unpaired) electrons. The quantitative estimate of drug-likeness (QED) is 0.104. The van der Waals surface area contributed by atoms with Crippen molar-refractivity contribution in [2.24, 2.45) is 0 Å². The van der Waals surface area contributed by atoms with Gasteiger partial charge in [0.2, 0.25) is 0 Å². The van der Waals surface area contributed by atoms with Gasteiger partial charge in [0.1, 0.15) is 18.5 Å². The smallest absolute Gasteiger partial charge is 0.413 e. The predicted octanol–water partition coefficient (Wildman–Crippen LogP) is 7.60. The van der Waals surface area contributed by atoms with Crippen molar-refractivity contribution in [3.05, 3.63) is 126 Å². The van der Waals surface area contributed by atoms with E-state index < -0.39 is 23.7 Å². The Kier molecular flexibility index (Phi) is 14.7. The fraction of sp³-hybridized carbons (Fsp3) is 0.366. The lowest BCUT2D eigenvalue weighted by atomic mass is 9.68. The van der Waals surface area contributed by atoms with Gasteiger partial charge < -0.3 is 24.6 Å². The van der Waals surface area contributed by atoms with Crippen molar-refractivity contribution in [3.8, 4) is 5.75 Å². The molecule has 0 unspecified atom stereocenters. The molecule has 4 rings (SSSR count). The number of hydrogen-bond donors (Lipinski definition) is 2. The molecular formula is C41H51N3O6. The molecule has 266 valence electrons. The van der Waals surface area contributed by atoms with Crippen molar-refractivity contribution in [2.45, 2.75) is 51.0 Å². The average Bonchev–Trinajstić information content (AvgIpc) is 3.16. The van der Waals surface area contributed by atoms with E-state index >= 15 is 0 Å². The number of rotatable bonds is 18. The second-order valence-electron chi connectivity index (χ2n) is 12.3. The van der Waals surface area contributed by atoms with Crippen molar-refractivity contribution < 1.29 is 28.9 Å². The van der Waals surface area contributed by atoms with Crippen LogP contribution in [-0.2, 0) is 21.3 Å². The van der Waals surface area contributed by atoms with E-state index in [1.54, 1.807) is 9.80 Å². The minimum Gasteiger partial charge on any atom is -0.491 e. The number of hydrogen-bond acceptors (Lipinski definition) is 7. The minimum atomic E-state index is -0.692. The number of nitrogens with one attached hydrogen (secondary N) is 1. The van der Waals surface area contributed by atoms with Gasteiger partial charge in [0, 0.05) is 36.4 Å². The Morgan fingerprint density at radius 1 is 0.720 bits per heavy atom. The van der Waals surface area contributed by atoms with Gasteiger partial charge in [-0.2, -0.15) is 0 Å². The molecule has 1 atom stereocenters. The number of carbonyl (C=O) groups excluding carboxylic acids is 2. The number of aliphatic hydroxyl groups excluding tert-OH is 1. The molecule has 9 nitrogen and oxygen atoms in total. The van der Waals surface area contributed by atoms with Crippen LogP contribution in [0.1, 0.15) is 49.8 Å². The Balaban J connectivity index is 1.70. The molecule has 50 heavy (non-hydrogen) atoms. The molecule has 2 N–H and O–H groups in total. The van der Waals surface area contributed by atoms with Crippen LogP contribution >= 0.6 is 0 Å². The summed E-state index contributed by atoms with van der Waals surface area (Å²) in [6.07, 6.45) is 1.48. The van der Waals surface area contributed by atoms with Crippen LogP contribution < -0.4 is 19.9 Å². The first-order valence-electron chi connectivity index (χ1n) is 17.4. The normalized spacial score (nSPS) is 11.8. The maximum absolute atomic E-state index is 12.6. The molecule has 0 saturated carbocycles. The van der Waals surface area contributed by atoms with Crippen molar-refractivity contribution in [2.75, 3.05) is 56.8 Å². The fourth-order valence-corrected chi connectivity index (χ4v) is 6.27. The van der Waals surface area contributed by atoms with Crippen LogP contribution in [0.4, 0.5) is 21.0 Å². The topological polar surface area (TPSA) is 101 Å². The van der Waals surface area contributed by atoms with E-state index in [2.05, 4.69) is 41.7 Å². The van der Waals surface area contributed by atoms with Gasteiger partial charge in [-0.15, -0.1) is 0 Å². The first-order valence-corrected chi connectivity index (χ1v) is 17.4. The summed E-state index contributed by atoms with van der Waals surface area (Å²) < 4.78 is 15.9. The van der Waals surface area contributed by atoms with Crippen LogP contribution in [0.3, 0.4) is 0 Å². The third kappa shape index (κ3) is 10.1. The summed E-state index contributed by atoms with van der Waals surface area (Å²) in [6, 6.07) is 36.1. The number of nitrogens with zero attached hydrogens (tertiary/aromatic N) is 2. The lowest BCUT2D eigenvalue weighted by molar-refractivity contribution is 0.106. The summed E-state index contributed by atoms with van der Waals surface area (Å²) in [6.45, 7) is 6.28. The molecule has 0 fully saturated rings. The predicted molar refractivity (Wildman–Crippen MR) is 199 cm³/mol. The van der Waals surface area contributed by atoms with Crippen molar-refractivity contribution in [1.82, 2.24) is 5.32 Å². The zero-order chi connectivity index (χ0) is 35.8. The van der Waals surface area contributed by atoms with Gasteiger partial charge in [-0.05, 0) is 85.3 Å². The van der Waals surface area contributed by atoms with Crippen molar-refractivity contribution in [3.63, 3.8) is 0 Å². The molecule has 0 bridgehead atoms. The molecule has 0 aliphatic carbocycles. The second kappa shape index (κ2) is 19.4. The van der Waals surface area contributed by atoms with E-state index in [4.69, 9.17) is 14.2 Å². The highest BCUT2D eigenvalue weighted by Crippen LogP contribution is 2.40. The van der Waals surface area contributed by atoms with Gasteiger partial charge in [0.25, 0.3) is 0 Å². The molecule has 0 heterocycles. The number of anilines is 2. The summed E-state index contributed by atoms with van der Waals surface area (Å²) in [5.74, 6) is 0.717. The fourth-order valence-electron chi connectivity index (χ4n) is 6.27. The molecule has 0 saturated heterocycles. The first kappa shape index (κ1) is 38.0. The molecule has 0 aromatic heterocycles. The molecule has 2 amide bonds. The number of methoxy groups -OCH3 is 2. The van der Waals surface area contributed by atoms with Gasteiger partial charge in [-0.25, -0.2) is 9.59 Å². The Morgan fingerprint density at radius 3 is 1.66 bits per heavy atom. The van der Waals surface area contributed by atoms with E-state index in [1.165, 1.54) is 19.8 Å². The van der Waals surface area contributed by atoms with E-state index in [0.717, 1.165) is 41.1 Å². The third-order valence-electron chi connectivity index (χ3n) is 8.79. The first-order chi connectivity index (χ1) is 24.3. The Labute approximate surface area is 296 Å². The maximum atomic E-state index is 12.6. The molecule has 0 aliphatic rings. The van der Waals surface area contributed by atoms with Crippen LogP contribution in [0.2, 0.25) is 0 Å². The Bertz CT molecular complexity index is 1510. The van der Waals surface area contributed by atoms with Crippen molar-refractivity contribution >= 4 is 23.6 Å². The van der Waals surface area contributed by atoms with Crippen LogP contribution in [0.5, 0.6) is 5.75 Å². The summed E-state index contributed by atoms with van der Waals surface area (Å²) in [5, 5.41) is 14.2. The van der Waals surface area contributed by atoms with E-state index in [1.807, 2.05) is 86.6 Å². The maximum Gasteiger partial charge on any atom is 0.413 e. The number of benzene rings is 4. The second-order valence-corrected chi connectivity index (χ2v) is 12.3. The summed E-state index contributed by atoms with van der Waals surface area (Å²) >= 11 is 0. The molecular weight excluding hydrogens is 630 g/mol. The lowest BCUT2D eigenvalue weighted by Gasteiger charge is -2.37. The lowest BCUT2D eigenvalue weighted by Crippen LogP contribution is -2.38. The van der Waals surface area contributed by atoms with Gasteiger partial charge in [0.05, 0.1) is 14.2 Å². The molecule has 9 heteroatoms. The third-order valence-corrected chi connectivity index (χ3v) is 8.79. The molecule has 0 aliphatic heterocycles. The van der Waals surface area contributed by atoms with Crippen LogP contribution in [0.15, 0.2) is 109 Å². The van der Waals surface area contributed by atoms with Crippen LogP contribution in [-0.4, -0.2) is 70.4 Å². The van der Waals surface area contributed by atoms with Crippen molar-refractivity contribution in [1.29, 1.82) is 0 Å². The van der Waals surface area contributed by atoms with Gasteiger partial charge in [-0.1, -0.05) is 86.6 Å². The zero-order valence-corrected chi connectivity index (χ0v) is 29.7. The Morgan fingerprint density at radius 2 is 1.20 bits per heavy atom. The minimum absolute atomic E-state index is 0.179. The SMILES string of the molecule is CCCN(C(=O)OC)c1ccc(C(CCNC[C@H](O)COc2ccccc2)(Cc2ccccc2)c2ccc(N(CCC)C(=O)OC)cc2)cc1. The van der Waals surface area contributed by atoms with Gasteiger partial charge >= 0.3 is 12.2 Å². The molecule has 4 aromatic carbocycles. The standard InChI is InChI=1S/C41H51N3O6/c1-5-27-43(39(46)48-3)35-21-17-33(18-22-35)41(29-32-13-9-7-10-14-32,25-26-42-30-37(45)31-50-38-15-11-8-12-16-38)34-19-23-36(24-20-34)44(28-6-2)40(47)49-4/h7-24,37,42,45H,5-6,25-31H2,1-4H3/t37-/m0/s1. The Hall–Kier alpha value is -4.86. The van der Waals surface area contributed by atoms with Gasteiger partial charge in [-0.3, -0.25) is 9.80 Å². The highest BCUT2D eigenvalue weighted by molar-refractivity contribution is 5.88.